The minimum atomic E-state index is -0.545. The predicted molar refractivity (Wildman–Crippen MR) is 102 cm³/mol. The van der Waals surface area contributed by atoms with E-state index in [1.165, 1.54) is 5.56 Å². The number of ether oxygens (including phenoxy) is 1. The summed E-state index contributed by atoms with van der Waals surface area (Å²) >= 11 is 0. The molecule has 1 aliphatic heterocycles. The van der Waals surface area contributed by atoms with E-state index < -0.39 is 5.69 Å². The fourth-order valence-electron chi connectivity index (χ4n) is 3.34. The summed E-state index contributed by atoms with van der Waals surface area (Å²) < 4.78 is 5.22. The first kappa shape index (κ1) is 17.0. The molecule has 0 atom stereocenters. The summed E-state index contributed by atoms with van der Waals surface area (Å²) in [6, 6.07) is 17.0. The van der Waals surface area contributed by atoms with Gasteiger partial charge in [-0.2, -0.15) is 4.98 Å². The Morgan fingerprint density at radius 2 is 1.93 bits per heavy atom. The molecule has 3 aromatic rings. The molecule has 0 spiro atoms. The molecule has 6 heteroatoms. The molecular formula is C21H19N3O3. The van der Waals surface area contributed by atoms with Crippen molar-refractivity contribution < 1.29 is 9.53 Å². The van der Waals surface area contributed by atoms with Crippen molar-refractivity contribution in [2.24, 2.45) is 0 Å². The Balaban J connectivity index is 1.65. The first-order chi connectivity index (χ1) is 13.1. The number of hydrogen-bond donors (Lipinski definition) is 1. The molecule has 1 aliphatic rings. The van der Waals surface area contributed by atoms with Gasteiger partial charge >= 0.3 is 5.69 Å². The van der Waals surface area contributed by atoms with Gasteiger partial charge in [0.05, 0.1) is 12.8 Å². The Morgan fingerprint density at radius 3 is 2.74 bits per heavy atom. The number of aromatic nitrogens is 2. The van der Waals surface area contributed by atoms with Crippen LogP contribution in [0.2, 0.25) is 0 Å². The molecule has 0 saturated carbocycles. The quantitative estimate of drug-likeness (QED) is 0.778. The van der Waals surface area contributed by atoms with Gasteiger partial charge in [-0.1, -0.05) is 36.4 Å². The first-order valence-corrected chi connectivity index (χ1v) is 8.76. The summed E-state index contributed by atoms with van der Waals surface area (Å²) in [5.74, 6) is 0.461. The van der Waals surface area contributed by atoms with Gasteiger partial charge < -0.3 is 14.6 Å². The average molecular weight is 361 g/mol. The highest BCUT2D eigenvalue weighted by Crippen LogP contribution is 2.23. The zero-order valence-corrected chi connectivity index (χ0v) is 14.9. The molecular weight excluding hydrogens is 342 g/mol. The summed E-state index contributed by atoms with van der Waals surface area (Å²) in [5, 5.41) is 0. The molecule has 6 nitrogen and oxygen atoms in total. The number of nitrogens with zero attached hydrogens (tertiary/aromatic N) is 2. The zero-order valence-electron chi connectivity index (χ0n) is 14.9. The second kappa shape index (κ2) is 7.07. The third kappa shape index (κ3) is 3.46. The molecule has 1 amide bonds. The van der Waals surface area contributed by atoms with Crippen LogP contribution in [0.1, 0.15) is 21.6 Å². The number of hydrogen-bond acceptors (Lipinski definition) is 4. The zero-order chi connectivity index (χ0) is 18.8. The van der Waals surface area contributed by atoms with Crippen molar-refractivity contribution in [2.75, 3.05) is 13.7 Å². The van der Waals surface area contributed by atoms with Crippen LogP contribution < -0.4 is 10.4 Å². The third-order valence-corrected chi connectivity index (χ3v) is 4.76. The number of H-pyrrole nitrogens is 1. The van der Waals surface area contributed by atoms with Crippen LogP contribution in [-0.2, 0) is 13.0 Å². The lowest BCUT2D eigenvalue weighted by atomic mass is 9.99. The Bertz CT molecular complexity index is 1060. The maximum Gasteiger partial charge on any atom is 0.346 e. The van der Waals surface area contributed by atoms with E-state index in [1.807, 2.05) is 36.4 Å². The summed E-state index contributed by atoms with van der Waals surface area (Å²) in [5.41, 5.74) is 3.27. The SMILES string of the molecule is COc1cccc(-c2cc(C(=O)N3CCc4ccccc4C3)[nH]c(=O)n2)c1. The van der Waals surface area contributed by atoms with Gasteiger partial charge in [0, 0.05) is 18.7 Å². The Morgan fingerprint density at radius 1 is 1.11 bits per heavy atom. The minimum absolute atomic E-state index is 0.201. The summed E-state index contributed by atoms with van der Waals surface area (Å²) in [7, 11) is 1.58. The molecule has 2 heterocycles. The Kier molecular flexibility index (Phi) is 4.46. The van der Waals surface area contributed by atoms with Crippen LogP contribution in [0.3, 0.4) is 0 Å². The van der Waals surface area contributed by atoms with Crippen LogP contribution >= 0.6 is 0 Å². The van der Waals surface area contributed by atoms with Gasteiger partial charge in [0.2, 0.25) is 0 Å². The number of rotatable bonds is 3. The predicted octanol–water partition coefficient (Wildman–Crippen LogP) is 2.64. The van der Waals surface area contributed by atoms with Crippen LogP contribution in [0, 0.1) is 0 Å². The van der Waals surface area contributed by atoms with E-state index in [-0.39, 0.29) is 11.6 Å². The molecule has 1 N–H and O–H groups in total. The van der Waals surface area contributed by atoms with Crippen LogP contribution in [-0.4, -0.2) is 34.4 Å². The second-order valence-corrected chi connectivity index (χ2v) is 6.46. The number of benzene rings is 2. The molecule has 1 aromatic heterocycles. The third-order valence-electron chi connectivity index (χ3n) is 4.76. The lowest BCUT2D eigenvalue weighted by Crippen LogP contribution is -2.37. The fourth-order valence-corrected chi connectivity index (χ4v) is 3.34. The number of carbonyl (C=O) groups is 1. The van der Waals surface area contributed by atoms with Crippen LogP contribution in [0.5, 0.6) is 5.75 Å². The van der Waals surface area contributed by atoms with Gasteiger partial charge in [-0.05, 0) is 35.7 Å². The number of carbonyl (C=O) groups excluding carboxylic acids is 1. The van der Waals surface area contributed by atoms with Crippen molar-refractivity contribution in [1.29, 1.82) is 0 Å². The van der Waals surface area contributed by atoms with Crippen LogP contribution in [0.4, 0.5) is 0 Å². The van der Waals surface area contributed by atoms with Crippen LogP contribution in [0.15, 0.2) is 59.4 Å². The van der Waals surface area contributed by atoms with Gasteiger partial charge in [-0.3, -0.25) is 4.79 Å². The number of amides is 1. The average Bonchev–Trinajstić information content (AvgIpc) is 2.72. The Hall–Kier alpha value is -3.41. The standard InChI is InChI=1S/C21H19N3O3/c1-27-17-8-4-7-15(11-17)18-12-19(23-21(26)22-18)20(25)24-10-9-14-5-2-3-6-16(14)13-24/h2-8,11-12H,9-10,13H2,1H3,(H,22,23,26). The molecule has 4 rings (SSSR count). The number of fused-ring (bicyclic) bond motifs is 1. The molecule has 0 aliphatic carbocycles. The summed E-state index contributed by atoms with van der Waals surface area (Å²) in [4.78, 5) is 33.4. The fraction of sp³-hybridized carbons (Fsp3) is 0.190. The number of nitrogens with one attached hydrogen (secondary N) is 1. The first-order valence-electron chi connectivity index (χ1n) is 8.76. The molecule has 0 unspecified atom stereocenters. The molecule has 0 radical (unpaired) electrons. The van der Waals surface area contributed by atoms with E-state index in [2.05, 4.69) is 16.0 Å². The van der Waals surface area contributed by atoms with Crippen molar-refractivity contribution >= 4 is 5.91 Å². The van der Waals surface area contributed by atoms with Gasteiger partial charge in [0.15, 0.2) is 0 Å². The van der Waals surface area contributed by atoms with Crippen molar-refractivity contribution in [3.63, 3.8) is 0 Å². The molecule has 0 saturated heterocycles. The van der Waals surface area contributed by atoms with Crippen molar-refractivity contribution in [1.82, 2.24) is 14.9 Å². The molecule has 136 valence electrons. The van der Waals surface area contributed by atoms with E-state index in [9.17, 15) is 9.59 Å². The summed E-state index contributed by atoms with van der Waals surface area (Å²) in [6.07, 6.45) is 0.806. The lowest BCUT2D eigenvalue weighted by Gasteiger charge is -2.28. The molecule has 0 fully saturated rings. The van der Waals surface area contributed by atoms with Gasteiger partial charge in [0.1, 0.15) is 11.4 Å². The topological polar surface area (TPSA) is 75.3 Å². The maximum atomic E-state index is 13.0. The van der Waals surface area contributed by atoms with Gasteiger partial charge in [0.25, 0.3) is 5.91 Å². The number of methoxy groups -OCH3 is 1. The second-order valence-electron chi connectivity index (χ2n) is 6.46. The summed E-state index contributed by atoms with van der Waals surface area (Å²) in [6.45, 7) is 1.16. The molecule has 0 bridgehead atoms. The monoisotopic (exact) mass is 361 g/mol. The van der Waals surface area contributed by atoms with E-state index in [0.717, 1.165) is 17.5 Å². The van der Waals surface area contributed by atoms with E-state index in [1.54, 1.807) is 24.1 Å². The highest BCUT2D eigenvalue weighted by molar-refractivity contribution is 5.93. The van der Waals surface area contributed by atoms with Gasteiger partial charge in [-0.15, -0.1) is 0 Å². The Labute approximate surface area is 156 Å². The lowest BCUT2D eigenvalue weighted by molar-refractivity contribution is 0.0728. The minimum Gasteiger partial charge on any atom is -0.497 e. The largest absolute Gasteiger partial charge is 0.497 e. The highest BCUT2D eigenvalue weighted by atomic mass is 16.5. The van der Waals surface area contributed by atoms with E-state index >= 15 is 0 Å². The highest BCUT2D eigenvalue weighted by Gasteiger charge is 2.23. The van der Waals surface area contributed by atoms with Gasteiger partial charge in [-0.25, -0.2) is 4.79 Å². The maximum absolute atomic E-state index is 13.0. The van der Waals surface area contributed by atoms with E-state index in [4.69, 9.17) is 4.74 Å². The van der Waals surface area contributed by atoms with Crippen molar-refractivity contribution in [2.45, 2.75) is 13.0 Å². The van der Waals surface area contributed by atoms with Crippen LogP contribution in [0.25, 0.3) is 11.3 Å². The van der Waals surface area contributed by atoms with Crippen molar-refractivity contribution in [3.8, 4) is 17.0 Å². The normalized spacial score (nSPS) is 13.1. The van der Waals surface area contributed by atoms with Crippen molar-refractivity contribution in [3.05, 3.63) is 81.9 Å². The molecule has 2 aromatic carbocycles. The van der Waals surface area contributed by atoms with E-state index in [0.29, 0.717) is 24.5 Å². The smallest absolute Gasteiger partial charge is 0.346 e. The number of aromatic amines is 1. The molecule has 27 heavy (non-hydrogen) atoms.